The fourth-order valence-corrected chi connectivity index (χ4v) is 3.33. The molecule has 1 aliphatic heterocycles. The molecular weight excluding hydrogens is 339 g/mol. The van der Waals surface area contributed by atoms with Crippen LogP contribution in [-0.2, 0) is 19.6 Å². The van der Waals surface area contributed by atoms with Crippen LogP contribution in [0.1, 0.15) is 13.3 Å². The Bertz CT molecular complexity index is 655. The lowest BCUT2D eigenvalue weighted by molar-refractivity contribution is -0.126. The second kappa shape index (κ2) is 6.10. The van der Waals surface area contributed by atoms with Gasteiger partial charge in [-0.05, 0) is 24.5 Å². The largest absolute Gasteiger partial charge is 0.368 e. The lowest BCUT2D eigenvalue weighted by Gasteiger charge is -2.16. The molecule has 1 amide bonds. The number of carbonyl (C=O) groups excluding carboxylic acids is 1. The van der Waals surface area contributed by atoms with Crippen molar-refractivity contribution in [3.63, 3.8) is 0 Å². The molecule has 0 spiro atoms. The number of halogens is 2. The minimum atomic E-state index is -3.92. The van der Waals surface area contributed by atoms with Crippen molar-refractivity contribution >= 4 is 44.8 Å². The SMILES string of the molecule is CC1CCOC1C(=O)Nc1c(Cl)cc(S(N)(=O)=O)cc1Cl. The zero-order valence-electron chi connectivity index (χ0n) is 11.1. The highest BCUT2D eigenvalue weighted by atomic mass is 35.5. The molecule has 0 radical (unpaired) electrons. The van der Waals surface area contributed by atoms with E-state index in [-0.39, 0.29) is 32.5 Å². The molecule has 1 saturated heterocycles. The Labute approximate surface area is 132 Å². The molecular formula is C12H14Cl2N2O4S. The van der Waals surface area contributed by atoms with Gasteiger partial charge in [0.15, 0.2) is 0 Å². The summed E-state index contributed by atoms with van der Waals surface area (Å²) in [6, 6.07) is 2.27. The van der Waals surface area contributed by atoms with E-state index in [1.165, 1.54) is 0 Å². The minimum absolute atomic E-state index is 0.00877. The van der Waals surface area contributed by atoms with Crippen LogP contribution in [0, 0.1) is 5.92 Å². The van der Waals surface area contributed by atoms with Gasteiger partial charge < -0.3 is 10.1 Å². The van der Waals surface area contributed by atoms with Gasteiger partial charge in [-0.25, -0.2) is 13.6 Å². The highest BCUT2D eigenvalue weighted by Gasteiger charge is 2.31. The van der Waals surface area contributed by atoms with E-state index in [0.29, 0.717) is 6.61 Å². The summed E-state index contributed by atoms with van der Waals surface area (Å²) in [6.07, 6.45) is 0.222. The lowest BCUT2D eigenvalue weighted by Crippen LogP contribution is -2.31. The van der Waals surface area contributed by atoms with Gasteiger partial charge in [-0.3, -0.25) is 4.79 Å². The molecule has 1 aromatic rings. The number of primary sulfonamides is 1. The molecule has 3 N–H and O–H groups in total. The van der Waals surface area contributed by atoms with Gasteiger partial charge in [0, 0.05) is 6.61 Å². The summed E-state index contributed by atoms with van der Waals surface area (Å²) in [5.74, 6) is -0.279. The molecule has 1 fully saturated rings. The van der Waals surface area contributed by atoms with E-state index in [0.717, 1.165) is 18.6 Å². The number of hydrogen-bond acceptors (Lipinski definition) is 4. The Morgan fingerprint density at radius 2 is 1.95 bits per heavy atom. The predicted octanol–water partition coefficient (Wildman–Crippen LogP) is 2.00. The molecule has 1 aromatic carbocycles. The number of carbonyl (C=O) groups is 1. The maximum atomic E-state index is 12.1. The molecule has 0 aliphatic carbocycles. The topological polar surface area (TPSA) is 98.5 Å². The molecule has 2 rings (SSSR count). The molecule has 6 nitrogen and oxygen atoms in total. The van der Waals surface area contributed by atoms with E-state index in [9.17, 15) is 13.2 Å². The lowest BCUT2D eigenvalue weighted by atomic mass is 10.0. The number of amides is 1. The Balaban J connectivity index is 2.27. The smallest absolute Gasteiger partial charge is 0.253 e. The van der Waals surface area contributed by atoms with Crippen LogP contribution in [0.2, 0.25) is 10.0 Å². The maximum Gasteiger partial charge on any atom is 0.253 e. The summed E-state index contributed by atoms with van der Waals surface area (Å²) in [5.41, 5.74) is 0.137. The number of nitrogens with one attached hydrogen (secondary N) is 1. The van der Waals surface area contributed by atoms with Gasteiger partial charge in [-0.2, -0.15) is 0 Å². The van der Waals surface area contributed by atoms with E-state index >= 15 is 0 Å². The molecule has 0 aromatic heterocycles. The highest BCUT2D eigenvalue weighted by Crippen LogP contribution is 2.34. The van der Waals surface area contributed by atoms with Crippen LogP contribution in [0.5, 0.6) is 0 Å². The van der Waals surface area contributed by atoms with Gasteiger partial charge >= 0.3 is 0 Å². The van der Waals surface area contributed by atoms with Gasteiger partial charge in [0.25, 0.3) is 5.91 Å². The number of sulfonamides is 1. The third kappa shape index (κ3) is 3.67. The summed E-state index contributed by atoms with van der Waals surface area (Å²) in [5, 5.41) is 7.56. The number of hydrogen-bond donors (Lipinski definition) is 2. The van der Waals surface area contributed by atoms with Gasteiger partial charge in [-0.1, -0.05) is 30.1 Å². The molecule has 9 heteroatoms. The standard InChI is InChI=1S/C12H14Cl2N2O4S/c1-6-2-3-20-11(6)12(17)16-10-8(13)4-7(5-9(10)14)21(15,18)19/h4-6,11H,2-3H2,1H3,(H,16,17)(H2,15,18,19). The van der Waals surface area contributed by atoms with Crippen LogP contribution >= 0.6 is 23.2 Å². The summed E-state index contributed by atoms with van der Waals surface area (Å²) in [6.45, 7) is 2.43. The summed E-state index contributed by atoms with van der Waals surface area (Å²) in [4.78, 5) is 11.9. The number of benzene rings is 1. The summed E-state index contributed by atoms with van der Waals surface area (Å²) in [7, 11) is -3.92. The number of nitrogens with two attached hydrogens (primary N) is 1. The van der Waals surface area contributed by atoms with Crippen molar-refractivity contribution in [2.45, 2.75) is 24.3 Å². The van der Waals surface area contributed by atoms with Crippen LogP contribution in [0.4, 0.5) is 5.69 Å². The quantitative estimate of drug-likeness (QED) is 0.868. The van der Waals surface area contributed by atoms with Crippen molar-refractivity contribution in [2.75, 3.05) is 11.9 Å². The number of anilines is 1. The van der Waals surface area contributed by atoms with E-state index in [4.69, 9.17) is 33.1 Å². The molecule has 0 bridgehead atoms. The molecule has 2 unspecified atom stereocenters. The van der Waals surface area contributed by atoms with Crippen molar-refractivity contribution in [2.24, 2.45) is 11.1 Å². The van der Waals surface area contributed by atoms with E-state index in [1.807, 2.05) is 6.92 Å². The second-order valence-corrected chi connectivity index (χ2v) is 7.23. The fourth-order valence-electron chi connectivity index (χ4n) is 2.06. The first kappa shape index (κ1) is 16.5. The van der Waals surface area contributed by atoms with Gasteiger partial charge in [0.2, 0.25) is 10.0 Å². The van der Waals surface area contributed by atoms with Crippen molar-refractivity contribution in [1.29, 1.82) is 0 Å². The Kier molecular flexibility index (Phi) is 4.79. The van der Waals surface area contributed by atoms with Gasteiger partial charge in [0.05, 0.1) is 20.6 Å². The number of ether oxygens (including phenoxy) is 1. The van der Waals surface area contributed by atoms with E-state index in [2.05, 4.69) is 5.32 Å². The Morgan fingerprint density at radius 3 is 2.38 bits per heavy atom. The van der Waals surface area contributed by atoms with Crippen molar-refractivity contribution < 1.29 is 17.9 Å². The third-order valence-corrected chi connectivity index (χ3v) is 4.73. The molecule has 2 atom stereocenters. The first-order valence-electron chi connectivity index (χ1n) is 6.14. The monoisotopic (exact) mass is 352 g/mol. The summed E-state index contributed by atoms with van der Waals surface area (Å²) >= 11 is 11.9. The van der Waals surface area contributed by atoms with Crippen molar-refractivity contribution in [3.8, 4) is 0 Å². The van der Waals surface area contributed by atoms with Crippen LogP contribution in [0.25, 0.3) is 0 Å². The molecule has 116 valence electrons. The van der Waals surface area contributed by atoms with Gasteiger partial charge in [-0.15, -0.1) is 0 Å². The normalized spacial score (nSPS) is 22.3. The average molecular weight is 353 g/mol. The maximum absolute atomic E-state index is 12.1. The number of rotatable bonds is 3. The van der Waals surface area contributed by atoms with Crippen LogP contribution in [0.15, 0.2) is 17.0 Å². The van der Waals surface area contributed by atoms with E-state index in [1.54, 1.807) is 0 Å². The van der Waals surface area contributed by atoms with Crippen LogP contribution in [-0.4, -0.2) is 27.0 Å². The van der Waals surface area contributed by atoms with Crippen LogP contribution < -0.4 is 10.5 Å². The highest BCUT2D eigenvalue weighted by molar-refractivity contribution is 7.89. The zero-order chi connectivity index (χ0) is 15.8. The molecule has 21 heavy (non-hydrogen) atoms. The third-order valence-electron chi connectivity index (χ3n) is 3.24. The first-order valence-corrected chi connectivity index (χ1v) is 8.44. The molecule has 1 heterocycles. The Hall–Kier alpha value is -0.860. The molecule has 1 aliphatic rings. The minimum Gasteiger partial charge on any atom is -0.368 e. The fraction of sp³-hybridized carbons (Fsp3) is 0.417. The second-order valence-electron chi connectivity index (χ2n) is 4.85. The summed E-state index contributed by atoms with van der Waals surface area (Å²) < 4.78 is 27.9. The van der Waals surface area contributed by atoms with Gasteiger partial charge in [0.1, 0.15) is 6.10 Å². The first-order chi connectivity index (χ1) is 9.70. The van der Waals surface area contributed by atoms with Crippen LogP contribution in [0.3, 0.4) is 0 Å². The van der Waals surface area contributed by atoms with Crippen molar-refractivity contribution in [1.82, 2.24) is 0 Å². The predicted molar refractivity (Wildman–Crippen MR) is 80.0 cm³/mol. The average Bonchev–Trinajstić information content (AvgIpc) is 2.78. The van der Waals surface area contributed by atoms with Crippen molar-refractivity contribution in [3.05, 3.63) is 22.2 Å². The molecule has 0 saturated carbocycles. The van der Waals surface area contributed by atoms with E-state index < -0.39 is 16.1 Å². The zero-order valence-corrected chi connectivity index (χ0v) is 13.4. The Morgan fingerprint density at radius 1 is 1.38 bits per heavy atom.